The van der Waals surface area contributed by atoms with Crippen LogP contribution in [0.5, 0.6) is 11.5 Å². The van der Waals surface area contributed by atoms with E-state index in [1.165, 1.54) is 13.2 Å². The van der Waals surface area contributed by atoms with Crippen LogP contribution in [0.1, 0.15) is 18.9 Å². The largest absolute Gasteiger partial charge is 0.497 e. The SMILES string of the molecule is CCC1CN(C(=NC)NCc2ccc(OC)cc2OC(F)F)CCS1. The maximum atomic E-state index is 12.7. The van der Waals surface area contributed by atoms with Gasteiger partial charge in [-0.3, -0.25) is 4.99 Å². The number of alkyl halides is 2. The average molecular weight is 373 g/mol. The Labute approximate surface area is 151 Å². The van der Waals surface area contributed by atoms with Gasteiger partial charge in [-0.2, -0.15) is 20.5 Å². The molecule has 1 heterocycles. The van der Waals surface area contributed by atoms with Gasteiger partial charge in [0, 0.05) is 49.3 Å². The zero-order valence-corrected chi connectivity index (χ0v) is 15.6. The molecular formula is C17H25F2N3O2S. The lowest BCUT2D eigenvalue weighted by Gasteiger charge is -2.34. The normalized spacial score (nSPS) is 18.4. The third-order valence-electron chi connectivity index (χ3n) is 4.03. The molecule has 8 heteroatoms. The molecule has 1 fully saturated rings. The minimum Gasteiger partial charge on any atom is -0.497 e. The number of ether oxygens (including phenoxy) is 2. The Morgan fingerprint density at radius 2 is 2.28 bits per heavy atom. The van der Waals surface area contributed by atoms with E-state index in [9.17, 15) is 8.78 Å². The van der Waals surface area contributed by atoms with Gasteiger partial charge in [-0.05, 0) is 18.6 Å². The number of rotatable bonds is 6. The van der Waals surface area contributed by atoms with Crippen molar-refractivity contribution >= 4 is 17.7 Å². The first-order valence-corrected chi connectivity index (χ1v) is 9.31. The first kappa shape index (κ1) is 19.6. The predicted molar refractivity (Wildman–Crippen MR) is 97.9 cm³/mol. The summed E-state index contributed by atoms with van der Waals surface area (Å²) in [6, 6.07) is 4.91. The van der Waals surface area contributed by atoms with Gasteiger partial charge < -0.3 is 19.7 Å². The van der Waals surface area contributed by atoms with E-state index < -0.39 is 6.61 Å². The molecule has 0 aliphatic carbocycles. The van der Waals surface area contributed by atoms with Crippen molar-refractivity contribution in [3.8, 4) is 11.5 Å². The molecule has 0 bridgehead atoms. The van der Waals surface area contributed by atoms with Crippen molar-refractivity contribution in [2.24, 2.45) is 4.99 Å². The summed E-state index contributed by atoms with van der Waals surface area (Å²) in [6.07, 6.45) is 1.11. The third kappa shape index (κ3) is 5.66. The fourth-order valence-corrected chi connectivity index (χ4v) is 3.86. The van der Waals surface area contributed by atoms with E-state index in [-0.39, 0.29) is 5.75 Å². The molecule has 2 rings (SSSR count). The number of hydrogen-bond donors (Lipinski definition) is 1. The van der Waals surface area contributed by atoms with Crippen LogP contribution in [0, 0.1) is 0 Å². The molecule has 1 unspecified atom stereocenters. The highest BCUT2D eigenvalue weighted by atomic mass is 32.2. The molecule has 1 aromatic carbocycles. The quantitative estimate of drug-likeness (QED) is 0.613. The summed E-state index contributed by atoms with van der Waals surface area (Å²) in [5.74, 6) is 2.42. The zero-order chi connectivity index (χ0) is 18.2. The van der Waals surface area contributed by atoms with E-state index in [1.54, 1.807) is 19.2 Å². The molecule has 0 amide bonds. The average Bonchev–Trinajstić information content (AvgIpc) is 2.62. The molecule has 25 heavy (non-hydrogen) atoms. The molecule has 1 N–H and O–H groups in total. The zero-order valence-electron chi connectivity index (χ0n) is 14.8. The van der Waals surface area contributed by atoms with Gasteiger partial charge >= 0.3 is 6.61 Å². The summed E-state index contributed by atoms with van der Waals surface area (Å²) in [5.41, 5.74) is 0.626. The van der Waals surface area contributed by atoms with Crippen molar-refractivity contribution in [2.75, 3.05) is 33.0 Å². The Balaban J connectivity index is 2.05. The van der Waals surface area contributed by atoms with Crippen molar-refractivity contribution in [3.63, 3.8) is 0 Å². The van der Waals surface area contributed by atoms with Crippen molar-refractivity contribution in [1.29, 1.82) is 0 Å². The third-order valence-corrected chi connectivity index (χ3v) is 5.40. The molecule has 140 valence electrons. The van der Waals surface area contributed by atoms with Crippen molar-refractivity contribution in [3.05, 3.63) is 23.8 Å². The molecule has 0 saturated carbocycles. The number of hydrogen-bond acceptors (Lipinski definition) is 4. The van der Waals surface area contributed by atoms with Crippen molar-refractivity contribution in [2.45, 2.75) is 31.8 Å². The first-order chi connectivity index (χ1) is 12.1. The standard InChI is InChI=1S/C17H25F2N3O2S/c1-4-14-11-22(7-8-25-14)17(20-2)21-10-12-5-6-13(23-3)9-15(12)24-16(18)19/h5-6,9,14,16H,4,7-8,10-11H2,1-3H3,(H,20,21). The maximum absolute atomic E-state index is 12.7. The van der Waals surface area contributed by atoms with Crippen LogP contribution in [0.3, 0.4) is 0 Å². The van der Waals surface area contributed by atoms with Crippen LogP contribution in [0.15, 0.2) is 23.2 Å². The minimum absolute atomic E-state index is 0.109. The lowest BCUT2D eigenvalue weighted by molar-refractivity contribution is -0.0505. The summed E-state index contributed by atoms with van der Waals surface area (Å²) < 4.78 is 35.0. The summed E-state index contributed by atoms with van der Waals surface area (Å²) in [4.78, 5) is 6.54. The molecule has 1 aromatic rings. The number of halogens is 2. The number of nitrogens with one attached hydrogen (secondary N) is 1. The first-order valence-electron chi connectivity index (χ1n) is 8.26. The second-order valence-electron chi connectivity index (χ2n) is 5.60. The molecule has 1 atom stereocenters. The second-order valence-corrected chi connectivity index (χ2v) is 7.01. The van der Waals surface area contributed by atoms with Crippen molar-refractivity contribution < 1.29 is 18.3 Å². The number of thioether (sulfide) groups is 1. The lowest BCUT2D eigenvalue weighted by atomic mass is 10.2. The topological polar surface area (TPSA) is 46.1 Å². The van der Waals surface area contributed by atoms with E-state index in [0.29, 0.717) is 23.1 Å². The molecule has 0 radical (unpaired) electrons. The minimum atomic E-state index is -2.88. The fraction of sp³-hybridized carbons (Fsp3) is 0.588. The highest BCUT2D eigenvalue weighted by Gasteiger charge is 2.21. The van der Waals surface area contributed by atoms with Crippen LogP contribution in [0.2, 0.25) is 0 Å². The molecule has 1 aliphatic heterocycles. The lowest BCUT2D eigenvalue weighted by Crippen LogP contribution is -2.47. The fourth-order valence-electron chi connectivity index (χ4n) is 2.68. The van der Waals surface area contributed by atoms with Gasteiger partial charge in [0.1, 0.15) is 11.5 Å². The Bertz CT molecular complexity index is 587. The van der Waals surface area contributed by atoms with E-state index in [2.05, 4.69) is 26.9 Å². The number of aliphatic imine (C=N–C) groups is 1. The van der Waals surface area contributed by atoms with Gasteiger partial charge in [0.25, 0.3) is 0 Å². The van der Waals surface area contributed by atoms with E-state index in [4.69, 9.17) is 4.74 Å². The Morgan fingerprint density at radius 1 is 1.48 bits per heavy atom. The molecule has 1 aliphatic rings. The van der Waals surface area contributed by atoms with Gasteiger partial charge in [0.15, 0.2) is 5.96 Å². The Morgan fingerprint density at radius 3 is 2.92 bits per heavy atom. The van der Waals surface area contributed by atoms with E-state index in [1.807, 2.05) is 11.8 Å². The number of benzene rings is 1. The smallest absolute Gasteiger partial charge is 0.387 e. The number of nitrogens with zero attached hydrogens (tertiary/aromatic N) is 2. The number of guanidine groups is 1. The predicted octanol–water partition coefficient (Wildman–Crippen LogP) is 3.20. The van der Waals surface area contributed by atoms with Gasteiger partial charge in [-0.25, -0.2) is 0 Å². The highest BCUT2D eigenvalue weighted by molar-refractivity contribution is 8.00. The van der Waals surface area contributed by atoms with Crippen LogP contribution >= 0.6 is 11.8 Å². The summed E-state index contributed by atoms with van der Waals surface area (Å²) >= 11 is 1.98. The molecule has 0 aromatic heterocycles. The van der Waals surface area contributed by atoms with Gasteiger partial charge in [0.2, 0.25) is 0 Å². The summed E-state index contributed by atoms with van der Waals surface area (Å²) in [6.45, 7) is 1.50. The molecule has 5 nitrogen and oxygen atoms in total. The summed E-state index contributed by atoms with van der Waals surface area (Å²) in [5, 5.41) is 3.84. The highest BCUT2D eigenvalue weighted by Crippen LogP contribution is 2.26. The van der Waals surface area contributed by atoms with Gasteiger partial charge in [-0.1, -0.05) is 6.92 Å². The maximum Gasteiger partial charge on any atom is 0.387 e. The van der Waals surface area contributed by atoms with Crippen molar-refractivity contribution in [1.82, 2.24) is 10.2 Å². The van der Waals surface area contributed by atoms with E-state index in [0.717, 1.165) is 31.2 Å². The van der Waals surface area contributed by atoms with Crippen LogP contribution in [0.4, 0.5) is 8.78 Å². The van der Waals surface area contributed by atoms with Crippen LogP contribution < -0.4 is 14.8 Å². The number of methoxy groups -OCH3 is 1. The van der Waals surface area contributed by atoms with Gasteiger partial charge in [-0.15, -0.1) is 0 Å². The Kier molecular flexibility index (Phi) is 7.61. The van der Waals surface area contributed by atoms with Crippen LogP contribution in [-0.4, -0.2) is 55.7 Å². The molecule has 0 spiro atoms. The molecule has 1 saturated heterocycles. The Hall–Kier alpha value is -1.70. The molecular weight excluding hydrogens is 348 g/mol. The monoisotopic (exact) mass is 373 g/mol. The van der Waals surface area contributed by atoms with Gasteiger partial charge in [0.05, 0.1) is 7.11 Å². The van der Waals surface area contributed by atoms with E-state index >= 15 is 0 Å². The summed E-state index contributed by atoms with van der Waals surface area (Å²) in [7, 11) is 3.22. The second kappa shape index (κ2) is 9.70. The van der Waals surface area contributed by atoms with Crippen LogP contribution in [-0.2, 0) is 6.54 Å². The van der Waals surface area contributed by atoms with Crippen LogP contribution in [0.25, 0.3) is 0 Å².